The van der Waals surface area contributed by atoms with Crippen molar-refractivity contribution in [3.8, 4) is 5.75 Å². The van der Waals surface area contributed by atoms with Gasteiger partial charge >= 0.3 is 6.03 Å². The van der Waals surface area contributed by atoms with Crippen molar-refractivity contribution in [3.05, 3.63) is 42.5 Å². The molecule has 0 saturated carbocycles. The molecule has 6 heteroatoms. The predicted molar refractivity (Wildman–Crippen MR) is 76.8 cm³/mol. The van der Waals surface area contributed by atoms with Crippen LogP contribution in [0.5, 0.6) is 5.75 Å². The van der Waals surface area contributed by atoms with E-state index in [4.69, 9.17) is 4.74 Å². The highest BCUT2D eigenvalue weighted by molar-refractivity contribution is 5.89. The number of ether oxygens (including phenoxy) is 1. The van der Waals surface area contributed by atoms with Crippen LogP contribution in [0.1, 0.15) is 25.2 Å². The third-order valence-corrected chi connectivity index (χ3v) is 2.91. The number of H-pyrrole nitrogens is 1. The van der Waals surface area contributed by atoms with Crippen molar-refractivity contribution >= 4 is 11.7 Å². The van der Waals surface area contributed by atoms with Crippen molar-refractivity contribution in [2.45, 2.75) is 19.4 Å². The number of urea groups is 1. The lowest BCUT2D eigenvalue weighted by atomic mass is 10.2. The maximum Gasteiger partial charge on any atom is 0.319 e. The number of amides is 2. The van der Waals surface area contributed by atoms with Gasteiger partial charge in [-0.05, 0) is 30.7 Å². The number of hydrogen-bond acceptors (Lipinski definition) is 3. The molecular formula is C14H18N4O2. The average Bonchev–Trinajstić information content (AvgIpc) is 2.99. The average molecular weight is 274 g/mol. The normalized spacial score (nSPS) is 11.7. The Hall–Kier alpha value is -2.50. The summed E-state index contributed by atoms with van der Waals surface area (Å²) in [5, 5.41) is 5.64. The number of aromatic nitrogens is 2. The lowest BCUT2D eigenvalue weighted by Gasteiger charge is -2.15. The maximum absolute atomic E-state index is 11.9. The Morgan fingerprint density at radius 3 is 2.70 bits per heavy atom. The van der Waals surface area contributed by atoms with Gasteiger partial charge in [0.25, 0.3) is 0 Å². The lowest BCUT2D eigenvalue weighted by molar-refractivity contribution is 0.247. The van der Waals surface area contributed by atoms with Crippen LogP contribution in [0.2, 0.25) is 0 Å². The quantitative estimate of drug-likeness (QED) is 0.784. The number of nitrogens with zero attached hydrogens (tertiary/aromatic N) is 1. The summed E-state index contributed by atoms with van der Waals surface area (Å²) in [6.45, 7) is 1.99. The molecule has 1 aromatic heterocycles. The molecule has 1 heterocycles. The Morgan fingerprint density at radius 1 is 1.40 bits per heavy atom. The van der Waals surface area contributed by atoms with Crippen molar-refractivity contribution < 1.29 is 9.53 Å². The van der Waals surface area contributed by atoms with Gasteiger partial charge in [0.1, 0.15) is 11.6 Å². The zero-order valence-corrected chi connectivity index (χ0v) is 11.5. The second-order valence-electron chi connectivity index (χ2n) is 4.26. The summed E-state index contributed by atoms with van der Waals surface area (Å²) in [6.07, 6.45) is 4.16. The summed E-state index contributed by atoms with van der Waals surface area (Å²) >= 11 is 0. The number of methoxy groups -OCH3 is 1. The van der Waals surface area contributed by atoms with Gasteiger partial charge in [-0.2, -0.15) is 0 Å². The summed E-state index contributed by atoms with van der Waals surface area (Å²) in [6, 6.07) is 6.75. The lowest BCUT2D eigenvalue weighted by Crippen LogP contribution is -2.32. The highest BCUT2D eigenvalue weighted by Gasteiger charge is 2.14. The number of imidazole rings is 1. The molecule has 2 rings (SSSR count). The van der Waals surface area contributed by atoms with E-state index in [0.29, 0.717) is 5.69 Å². The van der Waals surface area contributed by atoms with Crippen LogP contribution < -0.4 is 15.4 Å². The number of aromatic amines is 1. The van der Waals surface area contributed by atoms with Gasteiger partial charge in [-0.3, -0.25) is 0 Å². The smallest absolute Gasteiger partial charge is 0.319 e. The van der Waals surface area contributed by atoms with E-state index in [-0.39, 0.29) is 12.1 Å². The molecule has 6 nitrogen and oxygen atoms in total. The predicted octanol–water partition coefficient (Wildman–Crippen LogP) is 2.69. The summed E-state index contributed by atoms with van der Waals surface area (Å²) in [4.78, 5) is 19.1. The van der Waals surface area contributed by atoms with E-state index in [1.165, 1.54) is 0 Å². The first kappa shape index (κ1) is 13.9. The SMILES string of the molecule is CCC(NC(=O)Nc1ccc(OC)cc1)c1ncc[nH]1. The van der Waals surface area contributed by atoms with E-state index in [1.807, 2.05) is 6.92 Å². The fourth-order valence-corrected chi connectivity index (χ4v) is 1.83. The molecule has 0 aliphatic heterocycles. The zero-order valence-electron chi connectivity index (χ0n) is 11.5. The van der Waals surface area contributed by atoms with Crippen molar-refractivity contribution in [3.63, 3.8) is 0 Å². The Kier molecular flexibility index (Phi) is 4.60. The molecule has 0 spiro atoms. The van der Waals surface area contributed by atoms with E-state index >= 15 is 0 Å². The Labute approximate surface area is 117 Å². The van der Waals surface area contributed by atoms with Gasteiger partial charge in [-0.15, -0.1) is 0 Å². The number of carbonyl (C=O) groups excluding carboxylic acids is 1. The third kappa shape index (κ3) is 3.50. The Bertz CT molecular complexity index is 537. The number of anilines is 1. The first-order chi connectivity index (χ1) is 9.72. The standard InChI is InChI=1S/C14H18N4O2/c1-3-12(13-15-8-9-16-13)18-14(19)17-10-4-6-11(20-2)7-5-10/h4-9,12H,3H2,1-2H3,(H,15,16)(H2,17,18,19). The topological polar surface area (TPSA) is 79.0 Å². The third-order valence-electron chi connectivity index (χ3n) is 2.91. The van der Waals surface area contributed by atoms with Crippen LogP contribution in [0.4, 0.5) is 10.5 Å². The minimum Gasteiger partial charge on any atom is -0.497 e. The van der Waals surface area contributed by atoms with Crippen molar-refractivity contribution in [1.82, 2.24) is 15.3 Å². The van der Waals surface area contributed by atoms with Gasteiger partial charge in [0.2, 0.25) is 0 Å². The monoisotopic (exact) mass is 274 g/mol. The van der Waals surface area contributed by atoms with E-state index in [1.54, 1.807) is 43.8 Å². The Balaban J connectivity index is 1.94. The molecule has 1 unspecified atom stereocenters. The molecule has 1 aromatic carbocycles. The van der Waals surface area contributed by atoms with Crippen LogP contribution in [0, 0.1) is 0 Å². The van der Waals surface area contributed by atoms with Gasteiger partial charge in [-0.25, -0.2) is 9.78 Å². The zero-order chi connectivity index (χ0) is 14.4. The van der Waals surface area contributed by atoms with Gasteiger partial charge in [0.15, 0.2) is 0 Å². The first-order valence-corrected chi connectivity index (χ1v) is 6.43. The van der Waals surface area contributed by atoms with Crippen LogP contribution in [0.15, 0.2) is 36.7 Å². The molecule has 0 bridgehead atoms. The van der Waals surface area contributed by atoms with E-state index in [0.717, 1.165) is 18.0 Å². The number of carbonyl (C=O) groups is 1. The fraction of sp³-hybridized carbons (Fsp3) is 0.286. The van der Waals surface area contributed by atoms with Gasteiger partial charge in [-0.1, -0.05) is 6.92 Å². The molecule has 20 heavy (non-hydrogen) atoms. The largest absolute Gasteiger partial charge is 0.497 e. The molecule has 1 atom stereocenters. The first-order valence-electron chi connectivity index (χ1n) is 6.43. The summed E-state index contributed by atoms with van der Waals surface area (Å²) in [5.74, 6) is 1.50. The summed E-state index contributed by atoms with van der Waals surface area (Å²) < 4.78 is 5.06. The van der Waals surface area contributed by atoms with E-state index < -0.39 is 0 Å². The van der Waals surface area contributed by atoms with Crippen LogP contribution in [0.3, 0.4) is 0 Å². The number of nitrogens with one attached hydrogen (secondary N) is 3. The van der Waals surface area contributed by atoms with E-state index in [9.17, 15) is 4.79 Å². The van der Waals surface area contributed by atoms with Crippen molar-refractivity contribution in [2.24, 2.45) is 0 Å². The molecular weight excluding hydrogens is 256 g/mol. The second-order valence-corrected chi connectivity index (χ2v) is 4.26. The molecule has 2 amide bonds. The summed E-state index contributed by atoms with van der Waals surface area (Å²) in [7, 11) is 1.60. The van der Waals surface area contributed by atoms with Crippen LogP contribution in [0.25, 0.3) is 0 Å². The Morgan fingerprint density at radius 2 is 2.15 bits per heavy atom. The molecule has 3 N–H and O–H groups in total. The number of hydrogen-bond donors (Lipinski definition) is 3. The highest BCUT2D eigenvalue weighted by atomic mass is 16.5. The highest BCUT2D eigenvalue weighted by Crippen LogP contribution is 2.16. The van der Waals surface area contributed by atoms with Crippen molar-refractivity contribution in [2.75, 3.05) is 12.4 Å². The van der Waals surface area contributed by atoms with Gasteiger partial charge < -0.3 is 20.4 Å². The molecule has 2 aromatic rings. The van der Waals surface area contributed by atoms with Crippen LogP contribution >= 0.6 is 0 Å². The second kappa shape index (κ2) is 6.60. The minimum absolute atomic E-state index is 0.136. The van der Waals surface area contributed by atoms with Crippen molar-refractivity contribution in [1.29, 1.82) is 0 Å². The molecule has 106 valence electrons. The summed E-state index contributed by atoms with van der Waals surface area (Å²) in [5.41, 5.74) is 0.706. The van der Waals surface area contributed by atoms with E-state index in [2.05, 4.69) is 20.6 Å². The maximum atomic E-state index is 11.9. The molecule has 0 saturated heterocycles. The fourth-order valence-electron chi connectivity index (χ4n) is 1.83. The van der Waals surface area contributed by atoms with Gasteiger partial charge in [0.05, 0.1) is 13.2 Å². The number of rotatable bonds is 5. The minimum atomic E-state index is -0.265. The molecule has 0 aliphatic rings. The molecule has 0 radical (unpaired) electrons. The van der Waals surface area contributed by atoms with Crippen LogP contribution in [-0.2, 0) is 0 Å². The number of benzene rings is 1. The van der Waals surface area contributed by atoms with Crippen LogP contribution in [-0.4, -0.2) is 23.1 Å². The molecule has 0 aliphatic carbocycles. The van der Waals surface area contributed by atoms with Gasteiger partial charge in [0, 0.05) is 18.1 Å². The molecule has 0 fully saturated rings.